The van der Waals surface area contributed by atoms with Crippen molar-refractivity contribution in [1.82, 2.24) is 0 Å². The van der Waals surface area contributed by atoms with Gasteiger partial charge in [-0.3, -0.25) is 4.79 Å². The Labute approximate surface area is 163 Å². The Balaban J connectivity index is 1.60. The van der Waals surface area contributed by atoms with E-state index >= 15 is 0 Å². The van der Waals surface area contributed by atoms with Gasteiger partial charge < -0.3 is 14.8 Å². The lowest BCUT2D eigenvalue weighted by atomic mass is 10.1. The second kappa shape index (κ2) is 8.60. The molecule has 0 fully saturated rings. The van der Waals surface area contributed by atoms with Crippen molar-refractivity contribution in [2.24, 2.45) is 0 Å². The molecule has 0 spiro atoms. The summed E-state index contributed by atoms with van der Waals surface area (Å²) in [6.07, 6.45) is 0. The molecule has 27 heavy (non-hydrogen) atoms. The average molecular weight is 382 g/mol. The van der Waals surface area contributed by atoms with Gasteiger partial charge in [-0.1, -0.05) is 54.1 Å². The lowest BCUT2D eigenvalue weighted by molar-refractivity contribution is -0.118. The van der Waals surface area contributed by atoms with Crippen molar-refractivity contribution in [3.05, 3.63) is 77.3 Å². The van der Waals surface area contributed by atoms with Crippen LogP contribution < -0.4 is 14.8 Å². The molecule has 0 saturated carbocycles. The van der Waals surface area contributed by atoms with Gasteiger partial charge in [0.15, 0.2) is 6.61 Å². The molecule has 0 unspecified atom stereocenters. The van der Waals surface area contributed by atoms with E-state index in [1.54, 1.807) is 12.1 Å². The molecule has 0 aromatic heterocycles. The summed E-state index contributed by atoms with van der Waals surface area (Å²) in [7, 11) is 1.53. The van der Waals surface area contributed by atoms with Gasteiger partial charge in [-0.15, -0.1) is 0 Å². The summed E-state index contributed by atoms with van der Waals surface area (Å²) in [6.45, 7) is 1.76. The number of carbonyl (C=O) groups excluding carboxylic acids is 1. The van der Waals surface area contributed by atoms with E-state index in [2.05, 4.69) is 5.32 Å². The third-order valence-corrected chi connectivity index (χ3v) is 4.49. The normalized spacial score (nSPS) is 10.3. The molecule has 4 nitrogen and oxygen atoms in total. The van der Waals surface area contributed by atoms with Crippen LogP contribution in [0.5, 0.6) is 11.5 Å². The van der Waals surface area contributed by atoms with E-state index in [0.29, 0.717) is 22.2 Å². The van der Waals surface area contributed by atoms with Gasteiger partial charge >= 0.3 is 0 Å². The standard InChI is InChI=1S/C22H20ClNO3/c1-15-12-20(21(26-2)13-19(15)23)24-22(25)14-27-18-10-8-17(9-11-18)16-6-4-3-5-7-16/h3-13H,14H2,1-2H3,(H,24,25). The molecule has 0 aliphatic carbocycles. The van der Waals surface area contributed by atoms with E-state index in [1.807, 2.05) is 61.5 Å². The summed E-state index contributed by atoms with van der Waals surface area (Å²) in [5, 5.41) is 3.37. The SMILES string of the molecule is COc1cc(Cl)c(C)cc1NC(=O)COc1ccc(-c2ccccc2)cc1. The number of anilines is 1. The Morgan fingerprint density at radius 3 is 2.33 bits per heavy atom. The molecule has 3 aromatic rings. The number of amides is 1. The zero-order valence-electron chi connectivity index (χ0n) is 15.2. The van der Waals surface area contributed by atoms with Crippen LogP contribution in [0.2, 0.25) is 5.02 Å². The van der Waals surface area contributed by atoms with Crippen molar-refractivity contribution < 1.29 is 14.3 Å². The summed E-state index contributed by atoms with van der Waals surface area (Å²) < 4.78 is 10.8. The predicted molar refractivity (Wildman–Crippen MR) is 109 cm³/mol. The lowest BCUT2D eigenvalue weighted by Gasteiger charge is -2.13. The Morgan fingerprint density at radius 2 is 1.67 bits per heavy atom. The van der Waals surface area contributed by atoms with Gasteiger partial charge in [0.05, 0.1) is 12.8 Å². The molecule has 1 amide bonds. The Kier molecular flexibility index (Phi) is 5.99. The summed E-state index contributed by atoms with van der Waals surface area (Å²) >= 11 is 6.08. The van der Waals surface area contributed by atoms with E-state index in [1.165, 1.54) is 7.11 Å². The number of nitrogens with one attached hydrogen (secondary N) is 1. The van der Waals surface area contributed by atoms with Crippen LogP contribution in [0.3, 0.4) is 0 Å². The molecule has 0 saturated heterocycles. The monoisotopic (exact) mass is 381 g/mol. The fraction of sp³-hybridized carbons (Fsp3) is 0.136. The van der Waals surface area contributed by atoms with Crippen molar-refractivity contribution in [1.29, 1.82) is 0 Å². The van der Waals surface area contributed by atoms with Gasteiger partial charge in [0.2, 0.25) is 0 Å². The highest BCUT2D eigenvalue weighted by Gasteiger charge is 2.11. The molecular weight excluding hydrogens is 362 g/mol. The summed E-state index contributed by atoms with van der Waals surface area (Å²) in [5.41, 5.74) is 3.64. The van der Waals surface area contributed by atoms with Crippen LogP contribution >= 0.6 is 11.6 Å². The molecule has 0 bridgehead atoms. The molecule has 0 radical (unpaired) electrons. The number of halogens is 1. The maximum atomic E-state index is 12.2. The molecule has 3 rings (SSSR count). The third-order valence-electron chi connectivity index (χ3n) is 4.09. The van der Waals surface area contributed by atoms with E-state index in [4.69, 9.17) is 21.1 Å². The van der Waals surface area contributed by atoms with Crippen molar-refractivity contribution in [2.75, 3.05) is 19.0 Å². The Morgan fingerprint density at radius 1 is 1.00 bits per heavy atom. The summed E-state index contributed by atoms with van der Waals surface area (Å²) in [4.78, 5) is 12.2. The van der Waals surface area contributed by atoms with Crippen LogP contribution in [-0.2, 0) is 4.79 Å². The quantitative estimate of drug-likeness (QED) is 0.626. The molecule has 3 aromatic carbocycles. The van der Waals surface area contributed by atoms with E-state index in [0.717, 1.165) is 16.7 Å². The summed E-state index contributed by atoms with van der Waals surface area (Å²) in [5.74, 6) is 0.859. The van der Waals surface area contributed by atoms with Crippen molar-refractivity contribution >= 4 is 23.2 Å². The van der Waals surface area contributed by atoms with Crippen LogP contribution in [0.1, 0.15) is 5.56 Å². The highest BCUT2D eigenvalue weighted by atomic mass is 35.5. The first-order chi connectivity index (χ1) is 13.1. The minimum atomic E-state index is -0.276. The highest BCUT2D eigenvalue weighted by molar-refractivity contribution is 6.31. The van der Waals surface area contributed by atoms with Gasteiger partial charge in [-0.2, -0.15) is 0 Å². The van der Waals surface area contributed by atoms with Crippen molar-refractivity contribution in [3.63, 3.8) is 0 Å². The first-order valence-corrected chi connectivity index (χ1v) is 8.87. The van der Waals surface area contributed by atoms with E-state index in [9.17, 15) is 4.79 Å². The van der Waals surface area contributed by atoms with Crippen LogP contribution in [0.25, 0.3) is 11.1 Å². The summed E-state index contributed by atoms with van der Waals surface area (Å²) in [6, 6.07) is 21.1. The Bertz CT molecular complexity index is 924. The minimum Gasteiger partial charge on any atom is -0.495 e. The molecule has 0 aliphatic rings. The molecular formula is C22H20ClNO3. The fourth-order valence-corrected chi connectivity index (χ4v) is 2.79. The third kappa shape index (κ3) is 4.80. The molecule has 1 N–H and O–H groups in total. The molecule has 0 aliphatic heterocycles. The minimum absolute atomic E-state index is 0.102. The molecule has 5 heteroatoms. The Hall–Kier alpha value is -2.98. The van der Waals surface area contributed by atoms with Crippen LogP contribution in [-0.4, -0.2) is 19.6 Å². The van der Waals surface area contributed by atoms with E-state index < -0.39 is 0 Å². The second-order valence-electron chi connectivity index (χ2n) is 6.03. The second-order valence-corrected chi connectivity index (χ2v) is 6.44. The molecule has 0 atom stereocenters. The predicted octanol–water partition coefficient (Wildman–Crippen LogP) is 5.34. The van der Waals surface area contributed by atoms with Crippen LogP contribution in [0.4, 0.5) is 5.69 Å². The largest absolute Gasteiger partial charge is 0.495 e. The first-order valence-electron chi connectivity index (χ1n) is 8.49. The van der Waals surface area contributed by atoms with Crippen LogP contribution in [0, 0.1) is 6.92 Å². The number of aryl methyl sites for hydroxylation is 1. The van der Waals surface area contributed by atoms with E-state index in [-0.39, 0.29) is 12.5 Å². The highest BCUT2D eigenvalue weighted by Crippen LogP contribution is 2.31. The zero-order chi connectivity index (χ0) is 19.2. The smallest absolute Gasteiger partial charge is 0.262 e. The van der Waals surface area contributed by atoms with Gasteiger partial charge in [0.25, 0.3) is 5.91 Å². The van der Waals surface area contributed by atoms with Crippen molar-refractivity contribution in [2.45, 2.75) is 6.92 Å². The average Bonchev–Trinajstić information content (AvgIpc) is 2.70. The first kappa shape index (κ1) is 18.8. The maximum absolute atomic E-state index is 12.2. The number of ether oxygens (including phenoxy) is 2. The van der Waals surface area contributed by atoms with Gasteiger partial charge in [-0.05, 0) is 41.8 Å². The van der Waals surface area contributed by atoms with Gasteiger partial charge in [-0.25, -0.2) is 0 Å². The number of carbonyl (C=O) groups is 1. The van der Waals surface area contributed by atoms with Crippen molar-refractivity contribution in [3.8, 4) is 22.6 Å². The number of methoxy groups -OCH3 is 1. The molecule has 0 heterocycles. The van der Waals surface area contributed by atoms with Crippen LogP contribution in [0.15, 0.2) is 66.7 Å². The maximum Gasteiger partial charge on any atom is 0.262 e. The fourth-order valence-electron chi connectivity index (χ4n) is 2.64. The van der Waals surface area contributed by atoms with Gasteiger partial charge in [0, 0.05) is 11.1 Å². The number of hydrogen-bond donors (Lipinski definition) is 1. The topological polar surface area (TPSA) is 47.6 Å². The number of rotatable bonds is 6. The lowest BCUT2D eigenvalue weighted by Crippen LogP contribution is -2.20. The number of hydrogen-bond acceptors (Lipinski definition) is 3. The molecule has 138 valence electrons. The van der Waals surface area contributed by atoms with Gasteiger partial charge in [0.1, 0.15) is 11.5 Å². The zero-order valence-corrected chi connectivity index (χ0v) is 15.9. The number of benzene rings is 3.